The van der Waals surface area contributed by atoms with Crippen LogP contribution in [-0.2, 0) is 4.79 Å². The molecule has 1 amide bonds. The van der Waals surface area contributed by atoms with Gasteiger partial charge in [-0.1, -0.05) is 12.2 Å². The third-order valence-electron chi connectivity index (χ3n) is 2.05. The van der Waals surface area contributed by atoms with Crippen molar-refractivity contribution in [2.75, 3.05) is 17.3 Å². The summed E-state index contributed by atoms with van der Waals surface area (Å²) in [6.07, 6.45) is 2.32. The molecule has 0 saturated heterocycles. The highest BCUT2D eigenvalue weighted by Crippen LogP contribution is 2.17. The van der Waals surface area contributed by atoms with E-state index in [1.165, 1.54) is 18.2 Å². The molecule has 3 nitrogen and oxygen atoms in total. The van der Waals surface area contributed by atoms with E-state index in [0.717, 1.165) is 5.75 Å². The molecular weight excluding hydrogens is 259 g/mol. The minimum Gasteiger partial charge on any atom is -0.389 e. The average molecular weight is 272 g/mol. The highest BCUT2D eigenvalue weighted by molar-refractivity contribution is 7.98. The molecule has 0 atom stereocenters. The molecule has 0 bridgehead atoms. The standard InChI is InChI=1S/C11H13FN2OS2/c1-17-5-4-10(15)14-9-3-2-7(12)6-8(9)11(13)16/h2-3,6H,4-5H2,1H3,(H2,13,16)(H,14,15). The van der Waals surface area contributed by atoms with Crippen molar-refractivity contribution in [2.24, 2.45) is 5.73 Å². The van der Waals surface area contributed by atoms with Crippen LogP contribution in [0.2, 0.25) is 0 Å². The van der Waals surface area contributed by atoms with E-state index in [-0.39, 0.29) is 10.9 Å². The van der Waals surface area contributed by atoms with Crippen LogP contribution in [0.5, 0.6) is 0 Å². The van der Waals surface area contributed by atoms with Gasteiger partial charge in [0.1, 0.15) is 10.8 Å². The summed E-state index contributed by atoms with van der Waals surface area (Å²) in [5.74, 6) is 0.161. The number of thiocarbonyl (C=S) groups is 1. The number of carbonyl (C=O) groups excluding carboxylic acids is 1. The molecule has 0 unspecified atom stereocenters. The lowest BCUT2D eigenvalue weighted by Crippen LogP contribution is -2.18. The van der Waals surface area contributed by atoms with Gasteiger partial charge < -0.3 is 11.1 Å². The first kappa shape index (κ1) is 13.9. The zero-order valence-corrected chi connectivity index (χ0v) is 11.0. The number of nitrogens with one attached hydrogen (secondary N) is 1. The molecule has 0 aliphatic rings. The maximum absolute atomic E-state index is 13.0. The summed E-state index contributed by atoms with van der Waals surface area (Å²) in [6, 6.07) is 3.93. The van der Waals surface area contributed by atoms with Gasteiger partial charge in [-0.3, -0.25) is 4.79 Å². The first-order valence-corrected chi connectivity index (χ1v) is 6.73. The lowest BCUT2D eigenvalue weighted by atomic mass is 10.1. The maximum atomic E-state index is 13.0. The van der Waals surface area contributed by atoms with Crippen LogP contribution in [-0.4, -0.2) is 22.9 Å². The molecule has 3 N–H and O–H groups in total. The molecule has 0 saturated carbocycles. The zero-order valence-electron chi connectivity index (χ0n) is 9.33. The number of carbonyl (C=O) groups is 1. The summed E-state index contributed by atoms with van der Waals surface area (Å²) >= 11 is 6.39. The fourth-order valence-corrected chi connectivity index (χ4v) is 1.80. The van der Waals surface area contributed by atoms with Crippen molar-refractivity contribution in [3.8, 4) is 0 Å². The Hall–Kier alpha value is -1.14. The first-order valence-electron chi connectivity index (χ1n) is 4.92. The van der Waals surface area contributed by atoms with Gasteiger partial charge in [-0.2, -0.15) is 11.8 Å². The summed E-state index contributed by atoms with van der Waals surface area (Å²) in [5.41, 5.74) is 6.26. The largest absolute Gasteiger partial charge is 0.389 e. The maximum Gasteiger partial charge on any atom is 0.225 e. The Morgan fingerprint density at radius 2 is 2.29 bits per heavy atom. The highest BCUT2D eigenvalue weighted by atomic mass is 32.2. The van der Waals surface area contributed by atoms with Crippen molar-refractivity contribution in [3.63, 3.8) is 0 Å². The van der Waals surface area contributed by atoms with Gasteiger partial charge in [0.05, 0.1) is 5.69 Å². The van der Waals surface area contributed by atoms with Crippen LogP contribution in [0.25, 0.3) is 0 Å². The van der Waals surface area contributed by atoms with Crippen molar-refractivity contribution in [3.05, 3.63) is 29.6 Å². The van der Waals surface area contributed by atoms with Crippen molar-refractivity contribution in [1.29, 1.82) is 0 Å². The van der Waals surface area contributed by atoms with Gasteiger partial charge in [0.15, 0.2) is 0 Å². The Balaban J connectivity index is 2.83. The molecule has 0 fully saturated rings. The van der Waals surface area contributed by atoms with Gasteiger partial charge >= 0.3 is 0 Å². The third-order valence-corrected chi connectivity index (χ3v) is 2.89. The summed E-state index contributed by atoms with van der Waals surface area (Å²) in [4.78, 5) is 11.6. The number of rotatable bonds is 5. The normalized spacial score (nSPS) is 10.0. The van der Waals surface area contributed by atoms with E-state index in [9.17, 15) is 9.18 Å². The Labute approximate surface area is 109 Å². The second kappa shape index (κ2) is 6.56. The van der Waals surface area contributed by atoms with Crippen LogP contribution in [0.15, 0.2) is 18.2 Å². The summed E-state index contributed by atoms with van der Waals surface area (Å²) < 4.78 is 13.0. The van der Waals surface area contributed by atoms with Gasteiger partial charge in [0.2, 0.25) is 5.91 Å². The van der Waals surface area contributed by atoms with E-state index in [0.29, 0.717) is 17.7 Å². The quantitative estimate of drug-likeness (QED) is 0.806. The highest BCUT2D eigenvalue weighted by Gasteiger charge is 2.09. The molecular formula is C11H13FN2OS2. The Morgan fingerprint density at radius 3 is 2.88 bits per heavy atom. The molecule has 1 rings (SSSR count). The molecule has 6 heteroatoms. The van der Waals surface area contributed by atoms with Crippen LogP contribution in [0, 0.1) is 5.82 Å². The van der Waals surface area contributed by atoms with Gasteiger partial charge in [0.25, 0.3) is 0 Å². The van der Waals surface area contributed by atoms with Crippen LogP contribution >= 0.6 is 24.0 Å². The zero-order chi connectivity index (χ0) is 12.8. The third kappa shape index (κ3) is 4.32. The van der Waals surface area contributed by atoms with Crippen molar-refractivity contribution in [1.82, 2.24) is 0 Å². The van der Waals surface area contributed by atoms with Crippen LogP contribution < -0.4 is 11.1 Å². The average Bonchev–Trinajstić information content (AvgIpc) is 2.28. The van der Waals surface area contributed by atoms with Gasteiger partial charge in [0, 0.05) is 17.7 Å². The number of thioether (sulfide) groups is 1. The number of benzene rings is 1. The van der Waals surface area contributed by atoms with E-state index in [2.05, 4.69) is 5.32 Å². The summed E-state index contributed by atoms with van der Waals surface area (Å²) in [6.45, 7) is 0. The fraction of sp³-hybridized carbons (Fsp3) is 0.273. The smallest absolute Gasteiger partial charge is 0.225 e. The molecule has 92 valence electrons. The molecule has 0 aliphatic heterocycles. The number of amides is 1. The number of anilines is 1. The minimum absolute atomic E-state index is 0.0599. The molecule has 0 aromatic heterocycles. The Kier molecular flexibility index (Phi) is 5.37. The minimum atomic E-state index is -0.435. The molecule has 0 heterocycles. The molecule has 0 aliphatic carbocycles. The monoisotopic (exact) mass is 272 g/mol. The van der Waals surface area contributed by atoms with Gasteiger partial charge in [-0.25, -0.2) is 4.39 Å². The number of halogens is 1. The summed E-state index contributed by atoms with van der Waals surface area (Å²) in [7, 11) is 0. The lowest BCUT2D eigenvalue weighted by Gasteiger charge is -2.09. The van der Waals surface area contributed by atoms with E-state index in [1.807, 2.05) is 6.26 Å². The number of hydrogen-bond donors (Lipinski definition) is 2. The predicted octanol–water partition coefficient (Wildman–Crippen LogP) is 2.15. The van der Waals surface area contributed by atoms with E-state index in [1.54, 1.807) is 11.8 Å². The van der Waals surface area contributed by atoms with Gasteiger partial charge in [-0.15, -0.1) is 0 Å². The van der Waals surface area contributed by atoms with Crippen LogP contribution in [0.1, 0.15) is 12.0 Å². The van der Waals surface area contributed by atoms with Crippen LogP contribution in [0.3, 0.4) is 0 Å². The number of nitrogens with two attached hydrogens (primary N) is 1. The topological polar surface area (TPSA) is 55.1 Å². The first-order chi connectivity index (χ1) is 8.04. The second-order valence-corrected chi connectivity index (χ2v) is 4.77. The van der Waals surface area contributed by atoms with Crippen molar-refractivity contribution >= 4 is 40.6 Å². The van der Waals surface area contributed by atoms with E-state index in [4.69, 9.17) is 18.0 Å². The van der Waals surface area contributed by atoms with Gasteiger partial charge in [-0.05, 0) is 24.5 Å². The molecule has 1 aromatic rings. The fourth-order valence-electron chi connectivity index (χ4n) is 1.24. The summed E-state index contributed by atoms with van der Waals surface area (Å²) in [5, 5.41) is 2.67. The SMILES string of the molecule is CSCCC(=O)Nc1ccc(F)cc1C(N)=S. The molecule has 0 spiro atoms. The Morgan fingerprint density at radius 1 is 1.59 bits per heavy atom. The van der Waals surface area contributed by atoms with Crippen molar-refractivity contribution < 1.29 is 9.18 Å². The van der Waals surface area contributed by atoms with Crippen molar-refractivity contribution in [2.45, 2.75) is 6.42 Å². The lowest BCUT2D eigenvalue weighted by molar-refractivity contribution is -0.115. The molecule has 17 heavy (non-hydrogen) atoms. The second-order valence-electron chi connectivity index (χ2n) is 3.35. The molecule has 0 radical (unpaired) electrons. The number of hydrogen-bond acceptors (Lipinski definition) is 3. The molecule has 1 aromatic carbocycles. The predicted molar refractivity (Wildman–Crippen MR) is 73.9 cm³/mol. The van der Waals surface area contributed by atoms with Crippen LogP contribution in [0.4, 0.5) is 10.1 Å². The van der Waals surface area contributed by atoms with E-state index >= 15 is 0 Å². The van der Waals surface area contributed by atoms with E-state index < -0.39 is 5.82 Å². The Bertz CT molecular complexity index is 437.